The zero-order valence-corrected chi connectivity index (χ0v) is 26.4. The second-order valence-electron chi connectivity index (χ2n) is 11.9. The number of aromatic nitrogens is 2. The van der Waals surface area contributed by atoms with Gasteiger partial charge in [-0.2, -0.15) is 0 Å². The fraction of sp³-hybridized carbons (Fsp3) is 0.633. The van der Waals surface area contributed by atoms with Crippen LogP contribution in [0.1, 0.15) is 72.7 Å². The third kappa shape index (κ3) is 7.42. The fourth-order valence-corrected chi connectivity index (χ4v) is 7.37. The summed E-state index contributed by atoms with van der Waals surface area (Å²) in [7, 11) is -1.49. The maximum atomic E-state index is 13.5. The van der Waals surface area contributed by atoms with Crippen molar-refractivity contribution >= 4 is 33.3 Å². The molecule has 4 heterocycles. The number of nitrogens with zero attached hydrogens (tertiary/aromatic N) is 5. The molecule has 2 aromatic rings. The molecule has 0 aliphatic carbocycles. The van der Waals surface area contributed by atoms with E-state index in [1.165, 1.54) is 16.9 Å². The highest BCUT2D eigenvalue weighted by Gasteiger charge is 2.33. The van der Waals surface area contributed by atoms with Crippen molar-refractivity contribution in [1.82, 2.24) is 24.1 Å². The number of benzene rings is 1. The van der Waals surface area contributed by atoms with Gasteiger partial charge in [-0.25, -0.2) is 22.7 Å². The fourth-order valence-electron chi connectivity index (χ4n) is 6.50. The number of rotatable bonds is 8. The lowest BCUT2D eigenvalue weighted by Crippen LogP contribution is -2.52. The molecule has 230 valence electrons. The lowest BCUT2D eigenvalue weighted by Gasteiger charge is -2.43. The zero-order chi connectivity index (χ0) is 29.9. The number of carbonyl (C=O) groups excluding carboxylic acids is 1. The molecule has 0 spiro atoms. The number of anilines is 1. The lowest BCUT2D eigenvalue weighted by molar-refractivity contribution is -0.0442. The monoisotopic (exact) mass is 618 g/mol. The Morgan fingerprint density at radius 3 is 2.40 bits per heavy atom. The molecule has 1 aromatic heterocycles. The van der Waals surface area contributed by atoms with E-state index in [0.717, 1.165) is 74.2 Å². The molecule has 3 aliphatic heterocycles. The van der Waals surface area contributed by atoms with E-state index < -0.39 is 10.0 Å². The summed E-state index contributed by atoms with van der Waals surface area (Å²) >= 11 is 6.05. The van der Waals surface area contributed by atoms with Gasteiger partial charge in [-0.1, -0.05) is 23.7 Å². The molecule has 12 heteroatoms. The van der Waals surface area contributed by atoms with E-state index in [1.54, 1.807) is 7.05 Å². The van der Waals surface area contributed by atoms with Crippen molar-refractivity contribution in [3.63, 3.8) is 0 Å². The van der Waals surface area contributed by atoms with Crippen molar-refractivity contribution in [2.75, 3.05) is 51.3 Å². The molecule has 2 unspecified atom stereocenters. The van der Waals surface area contributed by atoms with Gasteiger partial charge in [0.25, 0.3) is 5.91 Å². The van der Waals surface area contributed by atoms with E-state index >= 15 is 0 Å². The van der Waals surface area contributed by atoms with Gasteiger partial charge in [0.15, 0.2) is 0 Å². The molecule has 1 amide bonds. The first-order chi connectivity index (χ1) is 20.1. The minimum atomic E-state index is -3.17. The van der Waals surface area contributed by atoms with Crippen molar-refractivity contribution in [3.05, 3.63) is 52.4 Å². The molecule has 0 bridgehead atoms. The second-order valence-corrected chi connectivity index (χ2v) is 14.4. The third-order valence-electron chi connectivity index (χ3n) is 9.18. The van der Waals surface area contributed by atoms with E-state index in [9.17, 15) is 13.2 Å². The standard InChI is InChI=1S/C30H43ClN6O4S/c1-21-28(30(38)37-17-13-25(14-18-37)36-15-11-24(12-16-36)35(2)42(3,39)40)33-20-34-29(21)32-19-26-5-4-6-27(41-26)22-7-9-23(31)10-8-22/h7-10,20,24-27H,4-6,11-19H2,1-3H3,(H,32,33,34). The summed E-state index contributed by atoms with van der Waals surface area (Å²) in [4.78, 5) is 26.7. The van der Waals surface area contributed by atoms with Gasteiger partial charge in [-0.3, -0.25) is 4.79 Å². The first kappa shape index (κ1) is 31.1. The molecule has 42 heavy (non-hydrogen) atoms. The van der Waals surface area contributed by atoms with E-state index in [2.05, 4.69) is 20.2 Å². The highest BCUT2D eigenvalue weighted by Crippen LogP contribution is 2.32. The SMILES string of the molecule is Cc1c(NCC2CCCC(c3ccc(Cl)cc3)O2)ncnc1C(=O)N1CCC(N2CCC(N(C)S(C)(=O)=O)CC2)CC1. The van der Waals surface area contributed by atoms with E-state index in [0.29, 0.717) is 37.2 Å². The predicted octanol–water partition coefficient (Wildman–Crippen LogP) is 4.12. The first-order valence-electron chi connectivity index (χ1n) is 15.0. The van der Waals surface area contributed by atoms with Gasteiger partial charge in [0, 0.05) is 49.4 Å². The number of piperidine rings is 2. The smallest absolute Gasteiger partial charge is 0.272 e. The molecular formula is C30H43ClN6O4S. The van der Waals surface area contributed by atoms with Crippen molar-refractivity contribution in [2.24, 2.45) is 0 Å². The molecule has 3 saturated heterocycles. The van der Waals surface area contributed by atoms with Crippen molar-refractivity contribution in [1.29, 1.82) is 0 Å². The Kier molecular flexibility index (Phi) is 10.0. The molecule has 1 aromatic carbocycles. The summed E-state index contributed by atoms with van der Waals surface area (Å²) in [6.07, 6.45) is 9.35. The lowest BCUT2D eigenvalue weighted by atomic mass is 9.97. The van der Waals surface area contributed by atoms with Gasteiger partial charge in [-0.15, -0.1) is 0 Å². The molecule has 0 radical (unpaired) electrons. The molecule has 5 rings (SSSR count). The van der Waals surface area contributed by atoms with Gasteiger partial charge in [0.2, 0.25) is 10.0 Å². The van der Waals surface area contributed by atoms with Crippen LogP contribution in [-0.2, 0) is 14.8 Å². The van der Waals surface area contributed by atoms with Crippen LogP contribution < -0.4 is 5.32 Å². The minimum absolute atomic E-state index is 0.0452. The van der Waals surface area contributed by atoms with Crippen LogP contribution in [0.2, 0.25) is 5.02 Å². The summed E-state index contributed by atoms with van der Waals surface area (Å²) in [5.41, 5.74) is 2.34. The number of nitrogens with one attached hydrogen (secondary N) is 1. The maximum Gasteiger partial charge on any atom is 0.272 e. The summed E-state index contributed by atoms with van der Waals surface area (Å²) in [6.45, 7) is 5.64. The average molecular weight is 619 g/mol. The second kappa shape index (κ2) is 13.5. The Hall–Kier alpha value is -2.31. The molecule has 3 fully saturated rings. The quantitative estimate of drug-likeness (QED) is 0.471. The summed E-state index contributed by atoms with van der Waals surface area (Å²) in [5.74, 6) is 0.615. The van der Waals surface area contributed by atoms with Crippen LogP contribution in [0.3, 0.4) is 0 Å². The number of ether oxygens (including phenoxy) is 1. The number of carbonyl (C=O) groups is 1. The van der Waals surface area contributed by atoms with Crippen molar-refractivity contribution in [2.45, 2.75) is 76.2 Å². The highest BCUT2D eigenvalue weighted by molar-refractivity contribution is 7.88. The van der Waals surface area contributed by atoms with E-state index in [-0.39, 0.29) is 24.2 Å². The van der Waals surface area contributed by atoms with Gasteiger partial charge in [0.05, 0.1) is 18.5 Å². The molecule has 0 saturated carbocycles. The molecular weight excluding hydrogens is 576 g/mol. The van der Waals surface area contributed by atoms with Gasteiger partial charge in [-0.05, 0) is 82.7 Å². The molecule has 3 aliphatic rings. The largest absolute Gasteiger partial charge is 0.368 e. The number of hydrogen-bond donors (Lipinski definition) is 1. The van der Waals surface area contributed by atoms with Crippen molar-refractivity contribution < 1.29 is 17.9 Å². The number of likely N-dealkylation sites (tertiary alicyclic amines) is 2. The Bertz CT molecular complexity index is 1330. The summed E-state index contributed by atoms with van der Waals surface area (Å²) < 4.78 is 31.7. The van der Waals surface area contributed by atoms with Crippen LogP contribution in [0.4, 0.5) is 5.82 Å². The van der Waals surface area contributed by atoms with Gasteiger partial charge < -0.3 is 19.9 Å². The minimum Gasteiger partial charge on any atom is -0.368 e. The molecule has 10 nitrogen and oxygen atoms in total. The molecule has 1 N–H and O–H groups in total. The third-order valence-corrected chi connectivity index (χ3v) is 10.8. The topological polar surface area (TPSA) is 108 Å². The summed E-state index contributed by atoms with van der Waals surface area (Å²) in [6, 6.07) is 8.34. The highest BCUT2D eigenvalue weighted by atomic mass is 35.5. The number of amides is 1. The first-order valence-corrected chi connectivity index (χ1v) is 17.3. The number of sulfonamides is 1. The Morgan fingerprint density at radius 1 is 1.05 bits per heavy atom. The van der Waals surface area contributed by atoms with Crippen LogP contribution >= 0.6 is 11.6 Å². The van der Waals surface area contributed by atoms with Crippen LogP contribution in [0.5, 0.6) is 0 Å². The van der Waals surface area contributed by atoms with Crippen LogP contribution in [0.15, 0.2) is 30.6 Å². The van der Waals surface area contributed by atoms with Crippen LogP contribution in [0, 0.1) is 6.92 Å². The van der Waals surface area contributed by atoms with E-state index in [1.807, 2.05) is 36.1 Å². The van der Waals surface area contributed by atoms with Crippen LogP contribution in [0.25, 0.3) is 0 Å². The van der Waals surface area contributed by atoms with Gasteiger partial charge >= 0.3 is 0 Å². The predicted molar refractivity (Wildman–Crippen MR) is 164 cm³/mol. The average Bonchev–Trinajstić information content (AvgIpc) is 3.00. The van der Waals surface area contributed by atoms with E-state index in [4.69, 9.17) is 16.3 Å². The summed E-state index contributed by atoms with van der Waals surface area (Å²) in [5, 5.41) is 4.14. The number of halogens is 1. The Morgan fingerprint density at radius 2 is 1.74 bits per heavy atom. The van der Waals surface area contributed by atoms with Crippen LogP contribution in [-0.4, -0.2) is 103 Å². The Labute approximate surface area is 254 Å². The maximum absolute atomic E-state index is 13.5. The zero-order valence-electron chi connectivity index (χ0n) is 24.8. The number of hydrogen-bond acceptors (Lipinski definition) is 8. The molecule has 2 atom stereocenters. The Balaban J connectivity index is 1.11. The van der Waals surface area contributed by atoms with Gasteiger partial charge in [0.1, 0.15) is 17.8 Å². The normalized spacial score (nSPS) is 23.3. The van der Waals surface area contributed by atoms with Crippen molar-refractivity contribution in [3.8, 4) is 0 Å².